The average molecular weight is 256 g/mol. The van der Waals surface area contributed by atoms with Crippen LogP contribution < -0.4 is 4.74 Å². The van der Waals surface area contributed by atoms with E-state index in [1.165, 1.54) is 16.7 Å². The van der Waals surface area contributed by atoms with Gasteiger partial charge in [0.2, 0.25) is 0 Å². The van der Waals surface area contributed by atoms with Gasteiger partial charge in [-0.15, -0.1) is 5.73 Å². The number of ether oxygens (including phenoxy) is 1. The van der Waals surface area contributed by atoms with Crippen molar-refractivity contribution in [2.75, 3.05) is 7.11 Å². The summed E-state index contributed by atoms with van der Waals surface area (Å²) in [4.78, 5) is 0. The summed E-state index contributed by atoms with van der Waals surface area (Å²) in [6, 6.07) is 0. The van der Waals surface area contributed by atoms with Gasteiger partial charge in [0.1, 0.15) is 5.75 Å². The Morgan fingerprint density at radius 3 is 1.89 bits per heavy atom. The minimum absolute atomic E-state index is 0.900. The highest BCUT2D eigenvalue weighted by Crippen LogP contribution is 2.36. The number of benzene rings is 1. The summed E-state index contributed by atoms with van der Waals surface area (Å²) in [5, 5.41) is 0. The second-order valence-electron chi connectivity index (χ2n) is 4.41. The third-order valence-corrected chi connectivity index (χ3v) is 3.58. The SMILES string of the molecule is C=C=Cc1c(CC)c(CC)c(CC)c(C=C)c1OC. The summed E-state index contributed by atoms with van der Waals surface area (Å²) < 4.78 is 5.63. The maximum atomic E-state index is 5.63. The van der Waals surface area contributed by atoms with E-state index in [1.807, 2.05) is 12.2 Å². The van der Waals surface area contributed by atoms with E-state index in [1.54, 1.807) is 7.11 Å². The minimum atomic E-state index is 0.900. The Bertz CT molecular complexity index is 517. The summed E-state index contributed by atoms with van der Waals surface area (Å²) in [5.74, 6) is 0.900. The number of hydrogen-bond donors (Lipinski definition) is 0. The predicted octanol–water partition coefficient (Wildman–Crippen LogP) is 4.82. The standard InChI is InChI=1S/C18H24O/c1-7-12-17-15(10-4)13(8-2)14(9-3)16(11-5)18(17)19-6/h11-12H,1,5,8-10H2,2-4,6H3. The van der Waals surface area contributed by atoms with E-state index in [0.717, 1.165) is 36.1 Å². The molecule has 19 heavy (non-hydrogen) atoms. The molecule has 0 heterocycles. The zero-order chi connectivity index (χ0) is 14.4. The van der Waals surface area contributed by atoms with E-state index in [0.29, 0.717) is 0 Å². The largest absolute Gasteiger partial charge is 0.495 e. The molecule has 1 heteroatoms. The summed E-state index contributed by atoms with van der Waals surface area (Å²) in [5.41, 5.74) is 9.21. The van der Waals surface area contributed by atoms with Crippen molar-refractivity contribution in [1.29, 1.82) is 0 Å². The molecule has 0 saturated heterocycles. The van der Waals surface area contributed by atoms with Gasteiger partial charge in [-0.2, -0.15) is 0 Å². The maximum absolute atomic E-state index is 5.63. The van der Waals surface area contributed by atoms with Crippen molar-refractivity contribution in [2.24, 2.45) is 0 Å². The van der Waals surface area contributed by atoms with Crippen molar-refractivity contribution in [1.82, 2.24) is 0 Å². The van der Waals surface area contributed by atoms with Gasteiger partial charge in [0.25, 0.3) is 0 Å². The lowest BCUT2D eigenvalue weighted by molar-refractivity contribution is 0.411. The van der Waals surface area contributed by atoms with Crippen molar-refractivity contribution in [3.8, 4) is 5.75 Å². The van der Waals surface area contributed by atoms with Crippen molar-refractivity contribution in [3.05, 3.63) is 46.7 Å². The molecule has 0 N–H and O–H groups in total. The molecule has 0 radical (unpaired) electrons. The Morgan fingerprint density at radius 1 is 1.00 bits per heavy atom. The molecule has 0 aromatic heterocycles. The van der Waals surface area contributed by atoms with Crippen LogP contribution in [0.2, 0.25) is 0 Å². The molecule has 0 saturated carbocycles. The molecule has 1 rings (SSSR count). The van der Waals surface area contributed by atoms with Crippen molar-refractivity contribution < 1.29 is 4.74 Å². The maximum Gasteiger partial charge on any atom is 0.134 e. The molecule has 1 aromatic rings. The topological polar surface area (TPSA) is 9.23 Å². The Morgan fingerprint density at radius 2 is 1.53 bits per heavy atom. The van der Waals surface area contributed by atoms with Crippen LogP contribution in [-0.2, 0) is 19.3 Å². The van der Waals surface area contributed by atoms with Crippen molar-refractivity contribution in [3.63, 3.8) is 0 Å². The number of methoxy groups -OCH3 is 1. The Balaban J connectivity index is 3.89. The molecule has 102 valence electrons. The molecule has 0 spiro atoms. The van der Waals surface area contributed by atoms with Crippen LogP contribution in [0.25, 0.3) is 12.2 Å². The van der Waals surface area contributed by atoms with Gasteiger partial charge < -0.3 is 4.74 Å². The lowest BCUT2D eigenvalue weighted by atomic mass is 9.86. The van der Waals surface area contributed by atoms with Gasteiger partial charge in [0.05, 0.1) is 7.11 Å². The molecule has 0 aliphatic rings. The summed E-state index contributed by atoms with van der Waals surface area (Å²) >= 11 is 0. The number of hydrogen-bond acceptors (Lipinski definition) is 1. The first-order valence-electron chi connectivity index (χ1n) is 6.92. The van der Waals surface area contributed by atoms with Crippen LogP contribution in [0.5, 0.6) is 5.75 Å². The van der Waals surface area contributed by atoms with E-state index in [9.17, 15) is 0 Å². The van der Waals surface area contributed by atoms with Gasteiger partial charge in [-0.3, -0.25) is 0 Å². The number of rotatable bonds is 6. The zero-order valence-corrected chi connectivity index (χ0v) is 12.6. The van der Waals surface area contributed by atoms with Crippen LogP contribution in [0.3, 0.4) is 0 Å². The zero-order valence-electron chi connectivity index (χ0n) is 12.6. The molecule has 0 unspecified atom stereocenters. The molecule has 0 aliphatic heterocycles. The predicted molar refractivity (Wildman–Crippen MR) is 84.8 cm³/mol. The van der Waals surface area contributed by atoms with Crippen molar-refractivity contribution in [2.45, 2.75) is 40.0 Å². The normalized spacial score (nSPS) is 9.89. The summed E-state index contributed by atoms with van der Waals surface area (Å²) in [6.45, 7) is 14.2. The van der Waals surface area contributed by atoms with Gasteiger partial charge in [-0.25, -0.2) is 0 Å². The van der Waals surface area contributed by atoms with Crippen LogP contribution >= 0.6 is 0 Å². The second-order valence-corrected chi connectivity index (χ2v) is 4.41. The van der Waals surface area contributed by atoms with Crippen LogP contribution in [0.1, 0.15) is 48.6 Å². The van der Waals surface area contributed by atoms with Gasteiger partial charge in [0, 0.05) is 11.1 Å². The Kier molecular flexibility index (Phi) is 5.66. The average Bonchev–Trinajstić information content (AvgIpc) is 2.45. The molecule has 0 aliphatic carbocycles. The highest BCUT2D eigenvalue weighted by Gasteiger charge is 2.19. The highest BCUT2D eigenvalue weighted by atomic mass is 16.5. The van der Waals surface area contributed by atoms with Gasteiger partial charge in [-0.1, -0.05) is 40.0 Å². The summed E-state index contributed by atoms with van der Waals surface area (Å²) in [7, 11) is 1.72. The lowest BCUT2D eigenvalue weighted by Crippen LogP contribution is -2.06. The fraction of sp³-hybridized carbons (Fsp3) is 0.389. The van der Waals surface area contributed by atoms with Crippen LogP contribution in [-0.4, -0.2) is 7.11 Å². The Hall–Kier alpha value is -1.72. The highest BCUT2D eigenvalue weighted by molar-refractivity contribution is 5.74. The molecule has 0 amide bonds. The summed E-state index contributed by atoms with van der Waals surface area (Å²) in [6.07, 6.45) is 6.82. The van der Waals surface area contributed by atoms with Crippen molar-refractivity contribution >= 4 is 12.2 Å². The molecule has 0 atom stereocenters. The first kappa shape index (κ1) is 15.3. The second kappa shape index (κ2) is 7.01. The van der Waals surface area contributed by atoms with E-state index in [-0.39, 0.29) is 0 Å². The molecular weight excluding hydrogens is 232 g/mol. The van der Waals surface area contributed by atoms with Crippen LogP contribution in [0.15, 0.2) is 18.9 Å². The van der Waals surface area contributed by atoms with E-state index < -0.39 is 0 Å². The van der Waals surface area contributed by atoms with Gasteiger partial charge in [-0.05, 0) is 42.0 Å². The fourth-order valence-electron chi connectivity index (χ4n) is 2.85. The minimum Gasteiger partial charge on any atom is -0.495 e. The van der Waals surface area contributed by atoms with E-state index in [4.69, 9.17) is 4.74 Å². The molecule has 0 bridgehead atoms. The Labute approximate surface area is 117 Å². The quantitative estimate of drug-likeness (QED) is 0.663. The van der Waals surface area contributed by atoms with E-state index >= 15 is 0 Å². The third-order valence-electron chi connectivity index (χ3n) is 3.58. The fourth-order valence-corrected chi connectivity index (χ4v) is 2.85. The smallest absolute Gasteiger partial charge is 0.134 e. The molecule has 1 nitrogen and oxygen atoms in total. The van der Waals surface area contributed by atoms with E-state index in [2.05, 4.69) is 39.7 Å². The molecule has 1 aromatic carbocycles. The molecule has 0 fully saturated rings. The lowest BCUT2D eigenvalue weighted by Gasteiger charge is -2.21. The monoisotopic (exact) mass is 256 g/mol. The first-order chi connectivity index (χ1) is 9.19. The van der Waals surface area contributed by atoms with Crippen LogP contribution in [0, 0.1) is 0 Å². The third kappa shape index (κ3) is 2.67. The van der Waals surface area contributed by atoms with Gasteiger partial charge >= 0.3 is 0 Å². The molecular formula is C18H24O. The van der Waals surface area contributed by atoms with Crippen LogP contribution in [0.4, 0.5) is 0 Å². The first-order valence-corrected chi connectivity index (χ1v) is 6.92. The van der Waals surface area contributed by atoms with Gasteiger partial charge in [0.15, 0.2) is 0 Å².